The Morgan fingerprint density at radius 2 is 1.31 bits per heavy atom. The number of Topliss-reactive ketones (excluding diaryl/α,β-unsaturated/α-hetero) is 1. The van der Waals surface area contributed by atoms with E-state index in [1.165, 1.54) is 30.3 Å². The minimum absolute atomic E-state index is 0.0173. The standard InChI is InChI=1S/C31H42N6O6S2/c1-30(2,3)36-27(41)19-9-17(8-7-16(19)12-38)34-25(26(40)23(32)14-44)20-10-18(35-29(43)24(33)15-45)11-21(22(20)13-39)28(42)37-31(4,5)6/h7-13,23-25,34,44-45H,14-15,32-33H2,1-6H3,(H,35,43)(H,36,41)(H,37,42). The second kappa shape index (κ2) is 15.5. The van der Waals surface area contributed by atoms with E-state index in [1.807, 2.05) is 0 Å². The van der Waals surface area contributed by atoms with E-state index in [1.54, 1.807) is 41.5 Å². The molecule has 3 unspecified atom stereocenters. The molecular formula is C31H42N6O6S2. The van der Waals surface area contributed by atoms with Crippen LogP contribution in [0, 0.1) is 0 Å². The highest BCUT2D eigenvalue weighted by Gasteiger charge is 2.31. The molecule has 2 rings (SSSR count). The lowest BCUT2D eigenvalue weighted by Gasteiger charge is -2.27. The molecule has 0 heterocycles. The maximum Gasteiger partial charge on any atom is 0.252 e. The van der Waals surface area contributed by atoms with Gasteiger partial charge in [0.25, 0.3) is 11.8 Å². The van der Waals surface area contributed by atoms with Crippen LogP contribution >= 0.6 is 25.3 Å². The summed E-state index contributed by atoms with van der Waals surface area (Å²) in [5, 5.41) is 11.2. The monoisotopic (exact) mass is 658 g/mol. The number of anilines is 2. The molecule has 2 aromatic rings. The molecule has 14 heteroatoms. The Morgan fingerprint density at radius 1 is 0.778 bits per heavy atom. The molecule has 0 aliphatic carbocycles. The molecule has 0 aliphatic rings. The zero-order valence-corrected chi connectivity index (χ0v) is 28.0. The fourth-order valence-corrected chi connectivity index (χ4v) is 4.50. The van der Waals surface area contributed by atoms with Crippen molar-refractivity contribution >= 4 is 72.7 Å². The lowest BCUT2D eigenvalue weighted by Crippen LogP contribution is -2.42. The van der Waals surface area contributed by atoms with Crippen LogP contribution < -0.4 is 32.7 Å². The SMILES string of the molecule is CC(C)(C)NC(=O)c1cc(NC(C(=O)C(N)CS)c2cc(NC(=O)C(N)CS)cc(C(=O)NC(C)(C)C)c2C=O)ccc1C=O. The molecule has 244 valence electrons. The van der Waals surface area contributed by atoms with Gasteiger partial charge in [0.15, 0.2) is 18.4 Å². The molecule has 0 radical (unpaired) electrons. The van der Waals surface area contributed by atoms with Gasteiger partial charge in [0.05, 0.1) is 23.2 Å². The summed E-state index contributed by atoms with van der Waals surface area (Å²) in [6.07, 6.45) is 0.969. The van der Waals surface area contributed by atoms with Gasteiger partial charge in [0, 0.05) is 45.1 Å². The van der Waals surface area contributed by atoms with Crippen LogP contribution in [0.3, 0.4) is 0 Å². The number of nitrogens with one attached hydrogen (secondary N) is 4. The highest BCUT2D eigenvalue weighted by molar-refractivity contribution is 7.80. The van der Waals surface area contributed by atoms with Gasteiger partial charge in [0.2, 0.25) is 5.91 Å². The van der Waals surface area contributed by atoms with Gasteiger partial charge in [-0.2, -0.15) is 25.3 Å². The van der Waals surface area contributed by atoms with Crippen molar-refractivity contribution in [3.8, 4) is 0 Å². The van der Waals surface area contributed by atoms with Crippen molar-refractivity contribution < 1.29 is 28.8 Å². The third-order valence-corrected chi connectivity index (χ3v) is 7.03. The number of hydrogen-bond donors (Lipinski definition) is 8. The van der Waals surface area contributed by atoms with Gasteiger partial charge < -0.3 is 32.7 Å². The van der Waals surface area contributed by atoms with E-state index in [0.717, 1.165) is 0 Å². The second-order valence-corrected chi connectivity index (χ2v) is 13.3. The fraction of sp³-hybridized carbons (Fsp3) is 0.419. The van der Waals surface area contributed by atoms with E-state index in [0.29, 0.717) is 12.6 Å². The van der Waals surface area contributed by atoms with Crippen LogP contribution in [0.5, 0.6) is 0 Å². The van der Waals surface area contributed by atoms with Crippen LogP contribution in [0.1, 0.15) is 94.6 Å². The van der Waals surface area contributed by atoms with Gasteiger partial charge in [-0.3, -0.25) is 28.8 Å². The third-order valence-electron chi connectivity index (χ3n) is 6.25. The molecule has 12 nitrogen and oxygen atoms in total. The normalized spacial score (nSPS) is 13.6. The Hall–Kier alpha value is -3.72. The van der Waals surface area contributed by atoms with Crippen molar-refractivity contribution in [2.45, 2.75) is 70.7 Å². The molecule has 0 bridgehead atoms. The van der Waals surface area contributed by atoms with Gasteiger partial charge in [-0.05, 0) is 77.4 Å². The van der Waals surface area contributed by atoms with Crippen molar-refractivity contribution in [1.82, 2.24) is 10.6 Å². The molecule has 8 N–H and O–H groups in total. The number of ketones is 1. The van der Waals surface area contributed by atoms with Crippen LogP contribution in [0.15, 0.2) is 30.3 Å². The summed E-state index contributed by atoms with van der Waals surface area (Å²) in [5.41, 5.74) is 10.9. The Bertz CT molecular complexity index is 1470. The molecular weight excluding hydrogens is 617 g/mol. The number of aldehydes is 2. The summed E-state index contributed by atoms with van der Waals surface area (Å²) >= 11 is 8.23. The number of amides is 3. The van der Waals surface area contributed by atoms with E-state index in [-0.39, 0.29) is 50.7 Å². The van der Waals surface area contributed by atoms with Crippen molar-refractivity contribution in [3.05, 3.63) is 58.1 Å². The molecule has 0 saturated carbocycles. The molecule has 3 atom stereocenters. The molecule has 45 heavy (non-hydrogen) atoms. The average molecular weight is 659 g/mol. The fourth-order valence-electron chi connectivity index (χ4n) is 4.16. The number of carbonyl (C=O) groups excluding carboxylic acids is 6. The first-order valence-electron chi connectivity index (χ1n) is 14.1. The third kappa shape index (κ3) is 10.4. The summed E-state index contributed by atoms with van der Waals surface area (Å²) in [4.78, 5) is 77.3. The number of benzene rings is 2. The minimum Gasteiger partial charge on any atom is -0.372 e. The quantitative estimate of drug-likeness (QED) is 0.118. The summed E-state index contributed by atoms with van der Waals surface area (Å²) in [6.45, 7) is 10.6. The van der Waals surface area contributed by atoms with E-state index in [9.17, 15) is 28.8 Å². The first-order chi connectivity index (χ1) is 20.8. The molecule has 3 amide bonds. The van der Waals surface area contributed by atoms with E-state index >= 15 is 0 Å². The van der Waals surface area contributed by atoms with Crippen molar-refractivity contribution in [2.24, 2.45) is 11.5 Å². The van der Waals surface area contributed by atoms with Crippen LogP contribution in [0.25, 0.3) is 0 Å². The lowest BCUT2D eigenvalue weighted by molar-refractivity contribution is -0.120. The van der Waals surface area contributed by atoms with Gasteiger partial charge >= 0.3 is 0 Å². The predicted octanol–water partition coefficient (Wildman–Crippen LogP) is 2.54. The van der Waals surface area contributed by atoms with E-state index in [4.69, 9.17) is 11.5 Å². The maximum absolute atomic E-state index is 13.8. The highest BCUT2D eigenvalue weighted by Crippen LogP contribution is 2.31. The first kappa shape index (κ1) is 37.5. The van der Waals surface area contributed by atoms with Gasteiger partial charge in [-0.1, -0.05) is 0 Å². The Labute approximate surface area is 274 Å². The first-order valence-corrected chi connectivity index (χ1v) is 15.3. The summed E-state index contributed by atoms with van der Waals surface area (Å²) in [6, 6.07) is 3.48. The molecule has 2 aromatic carbocycles. The highest BCUT2D eigenvalue weighted by atomic mass is 32.1. The number of nitrogens with two attached hydrogens (primary N) is 2. The van der Waals surface area contributed by atoms with Crippen LogP contribution in [-0.2, 0) is 9.59 Å². The molecule has 0 aliphatic heterocycles. The van der Waals surface area contributed by atoms with Crippen LogP contribution in [0.4, 0.5) is 11.4 Å². The van der Waals surface area contributed by atoms with Crippen molar-refractivity contribution in [2.75, 3.05) is 22.1 Å². The Morgan fingerprint density at radius 3 is 1.80 bits per heavy atom. The molecule has 0 fully saturated rings. The average Bonchev–Trinajstić information content (AvgIpc) is 2.96. The number of hydrogen-bond acceptors (Lipinski definition) is 11. The van der Waals surface area contributed by atoms with Crippen molar-refractivity contribution in [1.29, 1.82) is 0 Å². The smallest absolute Gasteiger partial charge is 0.252 e. The number of rotatable bonds is 13. The summed E-state index contributed by atoms with van der Waals surface area (Å²) in [7, 11) is 0. The number of thiol groups is 2. The Kier molecular flexibility index (Phi) is 12.9. The van der Waals surface area contributed by atoms with E-state index < -0.39 is 52.7 Å². The topological polar surface area (TPSA) is 203 Å². The Balaban J connectivity index is 2.84. The zero-order valence-electron chi connectivity index (χ0n) is 26.2. The minimum atomic E-state index is -1.37. The maximum atomic E-state index is 13.8. The predicted molar refractivity (Wildman–Crippen MR) is 182 cm³/mol. The zero-order chi connectivity index (χ0) is 34.3. The van der Waals surface area contributed by atoms with Gasteiger partial charge in [-0.15, -0.1) is 0 Å². The molecule has 0 aromatic heterocycles. The molecule has 0 spiro atoms. The summed E-state index contributed by atoms with van der Waals surface area (Å²) < 4.78 is 0. The van der Waals surface area contributed by atoms with Gasteiger partial charge in [0.1, 0.15) is 6.04 Å². The van der Waals surface area contributed by atoms with E-state index in [2.05, 4.69) is 46.5 Å². The van der Waals surface area contributed by atoms with Gasteiger partial charge in [-0.25, -0.2) is 0 Å². The number of carbonyl (C=O) groups is 6. The molecule has 0 saturated heterocycles. The largest absolute Gasteiger partial charge is 0.372 e. The van der Waals surface area contributed by atoms with Crippen LogP contribution in [0.2, 0.25) is 0 Å². The summed E-state index contributed by atoms with van der Waals surface area (Å²) in [5.74, 6) is -2.40. The second-order valence-electron chi connectivity index (χ2n) is 12.5. The lowest BCUT2D eigenvalue weighted by atomic mass is 9.90. The van der Waals surface area contributed by atoms with Crippen LogP contribution in [-0.4, -0.2) is 70.7 Å². The van der Waals surface area contributed by atoms with Crippen molar-refractivity contribution in [3.63, 3.8) is 0 Å².